The van der Waals surface area contributed by atoms with Gasteiger partial charge in [0.2, 0.25) is 0 Å². The Morgan fingerprint density at radius 3 is 2.76 bits per heavy atom. The van der Waals surface area contributed by atoms with Crippen molar-refractivity contribution in [2.24, 2.45) is 0 Å². The second-order valence-electron chi connectivity index (χ2n) is 3.56. The molecule has 0 saturated carbocycles. The number of cyclic esters (lactones) is 1. The van der Waals surface area contributed by atoms with Crippen LogP contribution in [-0.2, 0) is 4.74 Å². The van der Waals surface area contributed by atoms with Gasteiger partial charge in [-0.1, -0.05) is 12.1 Å². The number of rotatable bonds is 1. The summed E-state index contributed by atoms with van der Waals surface area (Å²) in [5, 5.41) is 1.77. The van der Waals surface area contributed by atoms with Gasteiger partial charge in [-0.05, 0) is 6.07 Å². The summed E-state index contributed by atoms with van der Waals surface area (Å²) in [4.78, 5) is 10.8. The van der Waals surface area contributed by atoms with Crippen molar-refractivity contribution in [1.29, 1.82) is 0 Å². The molecule has 1 atom stereocenters. The summed E-state index contributed by atoms with van der Waals surface area (Å²) in [6.45, 7) is -1.17. The Hall–Kier alpha value is -1.79. The molecule has 0 aromatic heterocycles. The van der Waals surface area contributed by atoms with Crippen molar-refractivity contribution < 1.29 is 27.1 Å². The molecule has 1 aliphatic rings. The van der Waals surface area contributed by atoms with Crippen molar-refractivity contribution in [3.63, 3.8) is 0 Å². The summed E-state index contributed by atoms with van der Waals surface area (Å²) in [5.41, 5.74) is -0.605. The molecule has 2 rings (SSSR count). The molecule has 0 spiro atoms. The SMILES string of the molecule is O=C1N[C@H](c2cccc(F)c2F)C(F)(F)CO1. The van der Waals surface area contributed by atoms with E-state index in [1.807, 2.05) is 0 Å². The van der Waals surface area contributed by atoms with Crippen molar-refractivity contribution in [1.82, 2.24) is 5.32 Å². The first-order chi connectivity index (χ1) is 7.92. The van der Waals surface area contributed by atoms with Crippen LogP contribution in [0.2, 0.25) is 0 Å². The second-order valence-corrected chi connectivity index (χ2v) is 3.56. The van der Waals surface area contributed by atoms with Crippen LogP contribution < -0.4 is 5.32 Å². The highest BCUT2D eigenvalue weighted by molar-refractivity contribution is 5.69. The minimum Gasteiger partial charge on any atom is -0.443 e. The molecular weight excluding hydrogens is 242 g/mol. The fourth-order valence-electron chi connectivity index (χ4n) is 1.56. The zero-order valence-electron chi connectivity index (χ0n) is 8.34. The molecule has 0 aliphatic carbocycles. The van der Waals surface area contributed by atoms with E-state index in [4.69, 9.17) is 0 Å². The predicted octanol–water partition coefficient (Wildman–Crippen LogP) is 2.38. The first-order valence-corrected chi connectivity index (χ1v) is 4.67. The van der Waals surface area contributed by atoms with Crippen molar-refractivity contribution in [2.45, 2.75) is 12.0 Å². The molecule has 1 aromatic rings. The summed E-state index contributed by atoms with van der Waals surface area (Å²) in [7, 11) is 0. The summed E-state index contributed by atoms with van der Waals surface area (Å²) in [6.07, 6.45) is -1.09. The maximum absolute atomic E-state index is 13.4. The number of carbonyl (C=O) groups is 1. The van der Waals surface area contributed by atoms with E-state index in [0.717, 1.165) is 18.2 Å². The molecule has 1 amide bonds. The van der Waals surface area contributed by atoms with Crippen molar-refractivity contribution in [3.05, 3.63) is 35.4 Å². The topological polar surface area (TPSA) is 38.3 Å². The fourth-order valence-corrected chi connectivity index (χ4v) is 1.56. The van der Waals surface area contributed by atoms with Gasteiger partial charge in [0.05, 0.1) is 0 Å². The lowest BCUT2D eigenvalue weighted by molar-refractivity contribution is -0.105. The van der Waals surface area contributed by atoms with Gasteiger partial charge in [0, 0.05) is 5.56 Å². The molecule has 1 saturated heterocycles. The van der Waals surface area contributed by atoms with E-state index < -0.39 is 41.9 Å². The van der Waals surface area contributed by atoms with E-state index in [1.165, 1.54) is 0 Å². The Bertz CT molecular complexity index is 464. The summed E-state index contributed by atoms with van der Waals surface area (Å²) >= 11 is 0. The smallest absolute Gasteiger partial charge is 0.408 e. The highest BCUT2D eigenvalue weighted by atomic mass is 19.3. The number of alkyl halides is 2. The number of halogens is 4. The molecule has 1 fully saturated rings. The molecule has 1 N–H and O–H groups in total. The van der Waals surface area contributed by atoms with Gasteiger partial charge in [0.25, 0.3) is 0 Å². The first-order valence-electron chi connectivity index (χ1n) is 4.67. The van der Waals surface area contributed by atoms with Crippen LogP contribution in [0, 0.1) is 11.6 Å². The Morgan fingerprint density at radius 1 is 1.35 bits per heavy atom. The lowest BCUT2D eigenvalue weighted by Gasteiger charge is -2.31. The van der Waals surface area contributed by atoms with Gasteiger partial charge in [0.15, 0.2) is 18.2 Å². The van der Waals surface area contributed by atoms with Gasteiger partial charge in [-0.2, -0.15) is 0 Å². The van der Waals surface area contributed by atoms with Gasteiger partial charge in [-0.3, -0.25) is 0 Å². The van der Waals surface area contributed by atoms with Gasteiger partial charge < -0.3 is 10.1 Å². The number of ether oxygens (including phenoxy) is 1. The number of hydrogen-bond acceptors (Lipinski definition) is 2. The minimum absolute atomic E-state index is 0.605. The van der Waals surface area contributed by atoms with E-state index >= 15 is 0 Å². The Labute approximate surface area is 93.4 Å². The first kappa shape index (κ1) is 11.7. The molecular formula is C10H7F4NO2. The molecule has 1 aliphatic heterocycles. The maximum Gasteiger partial charge on any atom is 0.408 e. The molecule has 3 nitrogen and oxygen atoms in total. The largest absolute Gasteiger partial charge is 0.443 e. The number of carbonyl (C=O) groups excluding carboxylic acids is 1. The molecule has 0 unspecified atom stereocenters. The molecule has 0 bridgehead atoms. The third-order valence-corrected chi connectivity index (χ3v) is 2.37. The van der Waals surface area contributed by atoms with Crippen LogP contribution in [0.4, 0.5) is 22.4 Å². The Kier molecular flexibility index (Phi) is 2.68. The van der Waals surface area contributed by atoms with E-state index in [1.54, 1.807) is 5.32 Å². The minimum atomic E-state index is -3.50. The van der Waals surface area contributed by atoms with Gasteiger partial charge in [0.1, 0.15) is 6.04 Å². The number of hydrogen-bond donors (Lipinski definition) is 1. The molecule has 0 radical (unpaired) electrons. The highest BCUT2D eigenvalue weighted by Crippen LogP contribution is 2.35. The summed E-state index contributed by atoms with van der Waals surface area (Å²) < 4.78 is 57.2. The molecule has 17 heavy (non-hydrogen) atoms. The van der Waals surface area contributed by atoms with Crippen molar-refractivity contribution >= 4 is 6.09 Å². The monoisotopic (exact) mass is 249 g/mol. The standard InChI is InChI=1S/C10H7F4NO2/c11-6-3-1-2-5(7(6)12)8-10(13,14)4-17-9(16)15-8/h1-3,8H,4H2,(H,15,16)/t8-/m1/s1. The van der Waals surface area contributed by atoms with Crippen molar-refractivity contribution in [3.8, 4) is 0 Å². The highest BCUT2D eigenvalue weighted by Gasteiger charge is 2.48. The number of alkyl carbamates (subject to hydrolysis) is 1. The van der Waals surface area contributed by atoms with Crippen LogP contribution in [0.3, 0.4) is 0 Å². The van der Waals surface area contributed by atoms with E-state index in [2.05, 4.69) is 4.74 Å². The van der Waals surface area contributed by atoms with Gasteiger partial charge in [-0.15, -0.1) is 0 Å². The third-order valence-electron chi connectivity index (χ3n) is 2.37. The third kappa shape index (κ3) is 2.04. The van der Waals surface area contributed by atoms with Crippen molar-refractivity contribution in [2.75, 3.05) is 6.61 Å². The number of nitrogens with one attached hydrogen (secondary N) is 1. The Balaban J connectivity index is 2.43. The van der Waals surface area contributed by atoms with Crippen LogP contribution in [-0.4, -0.2) is 18.6 Å². The number of benzene rings is 1. The van der Waals surface area contributed by atoms with E-state index in [-0.39, 0.29) is 0 Å². The van der Waals surface area contributed by atoms with E-state index in [0.29, 0.717) is 0 Å². The predicted molar refractivity (Wildman–Crippen MR) is 48.5 cm³/mol. The maximum atomic E-state index is 13.4. The zero-order chi connectivity index (χ0) is 12.6. The molecule has 92 valence electrons. The average molecular weight is 249 g/mol. The van der Waals surface area contributed by atoms with Crippen LogP contribution in [0.15, 0.2) is 18.2 Å². The zero-order valence-corrected chi connectivity index (χ0v) is 8.34. The quantitative estimate of drug-likeness (QED) is 0.776. The average Bonchev–Trinajstić information content (AvgIpc) is 2.26. The van der Waals surface area contributed by atoms with Crippen LogP contribution in [0.25, 0.3) is 0 Å². The number of amides is 1. The van der Waals surface area contributed by atoms with Gasteiger partial charge >= 0.3 is 12.0 Å². The van der Waals surface area contributed by atoms with Gasteiger partial charge in [-0.25, -0.2) is 22.4 Å². The summed E-state index contributed by atoms with van der Waals surface area (Å²) in [6, 6.07) is 0.950. The van der Waals surface area contributed by atoms with Crippen LogP contribution >= 0.6 is 0 Å². The molecule has 7 heteroatoms. The van der Waals surface area contributed by atoms with E-state index in [9.17, 15) is 22.4 Å². The summed E-state index contributed by atoms with van der Waals surface area (Å²) in [5.74, 6) is -6.15. The molecule has 1 heterocycles. The van der Waals surface area contributed by atoms with Crippen LogP contribution in [0.5, 0.6) is 0 Å². The van der Waals surface area contributed by atoms with Crippen LogP contribution in [0.1, 0.15) is 11.6 Å². The fraction of sp³-hybridized carbons (Fsp3) is 0.300. The lowest BCUT2D eigenvalue weighted by atomic mass is 9.99. The second kappa shape index (κ2) is 3.90. The molecule has 1 aromatic carbocycles. The lowest BCUT2D eigenvalue weighted by Crippen LogP contribution is -2.50. The Morgan fingerprint density at radius 2 is 2.06 bits per heavy atom. The normalized spacial score (nSPS) is 22.8.